The molecule has 18 heavy (non-hydrogen) atoms. The molecule has 0 bridgehead atoms. The molecular weight excluding hydrogens is 225 g/mol. The summed E-state index contributed by atoms with van der Waals surface area (Å²) >= 11 is 0. The van der Waals surface area contributed by atoms with Gasteiger partial charge in [0, 0.05) is 17.8 Å². The second kappa shape index (κ2) is 4.45. The summed E-state index contributed by atoms with van der Waals surface area (Å²) in [5.74, 6) is -0.142. The number of anilines is 1. The molecule has 0 spiro atoms. The Balaban J connectivity index is 2.13. The normalized spacial score (nSPS) is 13.9. The highest BCUT2D eigenvalue weighted by molar-refractivity contribution is 5.81. The fraction of sp³-hybridized carbons (Fsp3) is 0.250. The molecule has 2 aromatic carbocycles. The van der Waals surface area contributed by atoms with Crippen molar-refractivity contribution in [2.24, 2.45) is 0 Å². The standard InChI is InChI=1S/C16H16FN/c1-11-10-13(7-8-15(11)17)14-6-2-4-12-5-3-9-18-16(12)14/h2,4,6-8,10,18H,3,5,9H2,1H3. The monoisotopic (exact) mass is 241 g/mol. The first-order chi connectivity index (χ1) is 8.75. The highest BCUT2D eigenvalue weighted by Gasteiger charge is 2.13. The summed E-state index contributed by atoms with van der Waals surface area (Å²) in [5.41, 5.74) is 5.53. The number of nitrogens with one attached hydrogen (secondary N) is 1. The zero-order valence-corrected chi connectivity index (χ0v) is 10.5. The van der Waals surface area contributed by atoms with E-state index < -0.39 is 0 Å². The molecule has 1 aliphatic rings. The fourth-order valence-corrected chi connectivity index (χ4v) is 2.56. The van der Waals surface area contributed by atoms with Gasteiger partial charge in [0.1, 0.15) is 5.82 Å². The van der Waals surface area contributed by atoms with E-state index in [1.807, 2.05) is 19.1 Å². The minimum atomic E-state index is -0.142. The third-order valence-electron chi connectivity index (χ3n) is 3.54. The van der Waals surface area contributed by atoms with Gasteiger partial charge in [0.15, 0.2) is 0 Å². The van der Waals surface area contributed by atoms with Crippen LogP contribution in [0.4, 0.5) is 10.1 Å². The molecule has 1 nitrogen and oxygen atoms in total. The van der Waals surface area contributed by atoms with Gasteiger partial charge in [0.2, 0.25) is 0 Å². The van der Waals surface area contributed by atoms with Crippen LogP contribution in [0.25, 0.3) is 11.1 Å². The molecule has 0 aromatic heterocycles. The van der Waals surface area contributed by atoms with Gasteiger partial charge in [-0.3, -0.25) is 0 Å². The molecule has 0 aliphatic carbocycles. The number of rotatable bonds is 1. The van der Waals surface area contributed by atoms with Gasteiger partial charge in [0.25, 0.3) is 0 Å². The number of para-hydroxylation sites is 1. The van der Waals surface area contributed by atoms with Gasteiger partial charge in [-0.15, -0.1) is 0 Å². The predicted molar refractivity (Wildman–Crippen MR) is 73.4 cm³/mol. The van der Waals surface area contributed by atoms with E-state index in [4.69, 9.17) is 0 Å². The molecule has 1 N–H and O–H groups in total. The van der Waals surface area contributed by atoms with Crippen LogP contribution in [0.1, 0.15) is 17.5 Å². The van der Waals surface area contributed by atoms with Crippen molar-refractivity contribution in [3.8, 4) is 11.1 Å². The van der Waals surface area contributed by atoms with Crippen LogP contribution in [0.2, 0.25) is 0 Å². The molecule has 0 atom stereocenters. The molecule has 92 valence electrons. The van der Waals surface area contributed by atoms with Crippen LogP contribution in [-0.2, 0) is 6.42 Å². The molecule has 0 unspecified atom stereocenters. The van der Waals surface area contributed by atoms with Crippen LogP contribution in [0.5, 0.6) is 0 Å². The minimum absolute atomic E-state index is 0.142. The molecule has 3 rings (SSSR count). The Kier molecular flexibility index (Phi) is 2.78. The van der Waals surface area contributed by atoms with Gasteiger partial charge in [0.05, 0.1) is 0 Å². The first kappa shape index (κ1) is 11.3. The SMILES string of the molecule is Cc1cc(-c2cccc3c2NCCC3)ccc1F. The van der Waals surface area contributed by atoms with E-state index in [2.05, 4.69) is 23.5 Å². The maximum Gasteiger partial charge on any atom is 0.126 e. The van der Waals surface area contributed by atoms with Gasteiger partial charge in [-0.25, -0.2) is 4.39 Å². The number of hydrogen-bond acceptors (Lipinski definition) is 1. The van der Waals surface area contributed by atoms with Crippen molar-refractivity contribution in [2.45, 2.75) is 19.8 Å². The highest BCUT2D eigenvalue weighted by atomic mass is 19.1. The number of aryl methyl sites for hydroxylation is 2. The lowest BCUT2D eigenvalue weighted by Crippen LogP contribution is -2.12. The van der Waals surface area contributed by atoms with Crippen LogP contribution in [0.15, 0.2) is 36.4 Å². The number of hydrogen-bond donors (Lipinski definition) is 1. The van der Waals surface area contributed by atoms with E-state index in [1.54, 1.807) is 6.07 Å². The van der Waals surface area contributed by atoms with E-state index in [1.165, 1.54) is 23.2 Å². The first-order valence-corrected chi connectivity index (χ1v) is 6.38. The molecule has 2 heteroatoms. The van der Waals surface area contributed by atoms with Crippen molar-refractivity contribution in [1.82, 2.24) is 0 Å². The van der Waals surface area contributed by atoms with E-state index >= 15 is 0 Å². The molecule has 1 aliphatic heterocycles. The molecule has 0 fully saturated rings. The van der Waals surface area contributed by atoms with Crippen molar-refractivity contribution in [1.29, 1.82) is 0 Å². The Hall–Kier alpha value is -1.83. The number of benzene rings is 2. The quantitative estimate of drug-likeness (QED) is 0.790. The summed E-state index contributed by atoms with van der Waals surface area (Å²) in [5, 5.41) is 3.47. The van der Waals surface area contributed by atoms with Crippen LogP contribution < -0.4 is 5.32 Å². The largest absolute Gasteiger partial charge is 0.384 e. The Labute approximate surface area is 107 Å². The summed E-state index contributed by atoms with van der Waals surface area (Å²) in [7, 11) is 0. The molecule has 0 saturated carbocycles. The number of fused-ring (bicyclic) bond motifs is 1. The minimum Gasteiger partial charge on any atom is -0.384 e. The van der Waals surface area contributed by atoms with Gasteiger partial charge in [-0.1, -0.05) is 24.3 Å². The second-order valence-corrected chi connectivity index (χ2v) is 4.83. The summed E-state index contributed by atoms with van der Waals surface area (Å²) in [6.07, 6.45) is 2.30. The second-order valence-electron chi connectivity index (χ2n) is 4.83. The van der Waals surface area contributed by atoms with Crippen molar-refractivity contribution >= 4 is 5.69 Å². The third-order valence-corrected chi connectivity index (χ3v) is 3.54. The lowest BCUT2D eigenvalue weighted by Gasteiger charge is -2.21. The lowest BCUT2D eigenvalue weighted by molar-refractivity contribution is 0.619. The van der Waals surface area contributed by atoms with Crippen LogP contribution in [0, 0.1) is 12.7 Å². The van der Waals surface area contributed by atoms with Crippen LogP contribution in [0.3, 0.4) is 0 Å². The molecule has 0 radical (unpaired) electrons. The Morgan fingerprint density at radius 1 is 1.17 bits per heavy atom. The third kappa shape index (κ3) is 1.88. The van der Waals surface area contributed by atoms with E-state index in [-0.39, 0.29) is 5.82 Å². The topological polar surface area (TPSA) is 12.0 Å². The summed E-state index contributed by atoms with van der Waals surface area (Å²) < 4.78 is 13.3. The van der Waals surface area contributed by atoms with Crippen LogP contribution in [-0.4, -0.2) is 6.54 Å². The van der Waals surface area contributed by atoms with Gasteiger partial charge in [-0.05, 0) is 48.6 Å². The predicted octanol–water partition coefficient (Wildman–Crippen LogP) is 4.16. The Morgan fingerprint density at radius 2 is 2.06 bits per heavy atom. The zero-order chi connectivity index (χ0) is 12.5. The van der Waals surface area contributed by atoms with E-state index in [0.29, 0.717) is 5.56 Å². The average molecular weight is 241 g/mol. The van der Waals surface area contributed by atoms with Gasteiger partial charge in [-0.2, -0.15) is 0 Å². The van der Waals surface area contributed by atoms with Gasteiger partial charge < -0.3 is 5.32 Å². The molecule has 2 aromatic rings. The van der Waals surface area contributed by atoms with Crippen molar-refractivity contribution in [3.63, 3.8) is 0 Å². The summed E-state index contributed by atoms with van der Waals surface area (Å²) in [6, 6.07) is 11.7. The number of halogens is 1. The lowest BCUT2D eigenvalue weighted by atomic mass is 9.94. The maximum atomic E-state index is 13.3. The van der Waals surface area contributed by atoms with Gasteiger partial charge >= 0.3 is 0 Å². The van der Waals surface area contributed by atoms with E-state index in [0.717, 1.165) is 18.5 Å². The van der Waals surface area contributed by atoms with Crippen LogP contribution >= 0.6 is 0 Å². The Morgan fingerprint density at radius 3 is 2.89 bits per heavy atom. The Bertz CT molecular complexity index is 590. The maximum absolute atomic E-state index is 13.3. The van der Waals surface area contributed by atoms with Crippen molar-refractivity contribution in [3.05, 3.63) is 53.3 Å². The molecular formula is C16H16FN. The summed E-state index contributed by atoms with van der Waals surface area (Å²) in [4.78, 5) is 0. The van der Waals surface area contributed by atoms with E-state index in [9.17, 15) is 4.39 Å². The van der Waals surface area contributed by atoms with Crippen molar-refractivity contribution in [2.75, 3.05) is 11.9 Å². The average Bonchev–Trinajstić information content (AvgIpc) is 2.41. The fourth-order valence-electron chi connectivity index (χ4n) is 2.56. The molecule has 0 saturated heterocycles. The smallest absolute Gasteiger partial charge is 0.126 e. The highest BCUT2D eigenvalue weighted by Crippen LogP contribution is 2.34. The zero-order valence-electron chi connectivity index (χ0n) is 10.5. The first-order valence-electron chi connectivity index (χ1n) is 6.38. The van der Waals surface area contributed by atoms with Crippen molar-refractivity contribution < 1.29 is 4.39 Å². The summed E-state index contributed by atoms with van der Waals surface area (Å²) in [6.45, 7) is 2.83. The molecule has 0 amide bonds. The molecule has 1 heterocycles.